The molecule has 0 spiro atoms. The highest BCUT2D eigenvalue weighted by atomic mass is 32.3. The number of fused-ring (bicyclic) bond motifs is 6. The van der Waals surface area contributed by atoms with Crippen molar-refractivity contribution >= 4 is 74.6 Å². The summed E-state index contributed by atoms with van der Waals surface area (Å²) >= 11 is 3.26. The maximum atomic E-state index is 14.3. The summed E-state index contributed by atoms with van der Waals surface area (Å²) in [6.45, 7) is -0.720. The quantitative estimate of drug-likeness (QED) is 0.0148. The second kappa shape index (κ2) is 28.2. The van der Waals surface area contributed by atoms with Gasteiger partial charge in [0.1, 0.15) is 57.0 Å². The average Bonchev–Trinajstić information content (AvgIpc) is 1.73. The Morgan fingerprint density at radius 1 is 0.722 bits per heavy atom. The Kier molecular flexibility index (Phi) is 19.8. The molecular weight excluding hydrogens is 1240 g/mol. The Morgan fingerprint density at radius 3 is 1.88 bits per heavy atom. The molecule has 0 aliphatic carbocycles. The average molecular weight is 1300 g/mol. The minimum Gasteiger partial charge on any atom is -0.493 e. The van der Waals surface area contributed by atoms with Gasteiger partial charge in [0.05, 0.1) is 68.6 Å². The number of aliphatic hydroxyl groups is 4. The maximum Gasteiger partial charge on any atom is 0.501 e. The molecule has 6 aromatic rings. The summed E-state index contributed by atoms with van der Waals surface area (Å²) in [5.41, 5.74) is 12.3. The van der Waals surface area contributed by atoms with Crippen LogP contribution in [0.3, 0.4) is 0 Å². The van der Waals surface area contributed by atoms with Gasteiger partial charge in [-0.25, -0.2) is 0 Å². The van der Waals surface area contributed by atoms with E-state index < -0.39 is 65.1 Å². The Hall–Kier alpha value is -8.43. The van der Waals surface area contributed by atoms with Gasteiger partial charge in [0, 0.05) is 83.8 Å². The monoisotopic (exact) mass is 1300 g/mol. The molecule has 1 fully saturated rings. The number of thiophene rings is 2. The molecule has 11 rings (SSSR count). The zero-order valence-electron chi connectivity index (χ0n) is 48.1. The van der Waals surface area contributed by atoms with Crippen molar-refractivity contribution in [3.05, 3.63) is 143 Å². The number of hydrogen-bond acceptors (Lipinski definition) is 25. The molecule has 31 heteroatoms. The summed E-state index contributed by atoms with van der Waals surface area (Å²) in [6, 6.07) is 17.4. The number of hydrogen-bond donors (Lipinski definition) is 5. The van der Waals surface area contributed by atoms with Crippen molar-refractivity contribution in [2.75, 3.05) is 60.7 Å². The lowest BCUT2D eigenvalue weighted by atomic mass is 9.99. The number of carbonyl (C=O) groups is 3. The van der Waals surface area contributed by atoms with Gasteiger partial charge in [0.2, 0.25) is 6.29 Å². The smallest absolute Gasteiger partial charge is 0.493 e. The number of benzene rings is 4. The van der Waals surface area contributed by atoms with E-state index in [1.807, 2.05) is 22.9 Å². The number of azide groups is 1. The first kappa shape index (κ1) is 63.1. The predicted molar refractivity (Wildman–Crippen MR) is 321 cm³/mol. The van der Waals surface area contributed by atoms with Gasteiger partial charge in [-0.05, 0) is 99.2 Å². The van der Waals surface area contributed by atoms with Crippen LogP contribution in [0.4, 0.5) is 11.4 Å². The Bertz CT molecular complexity index is 3720. The van der Waals surface area contributed by atoms with Crippen LogP contribution in [0.25, 0.3) is 10.4 Å². The number of nitrogens with one attached hydrogen (secondary N) is 1. The zero-order valence-corrected chi connectivity index (χ0v) is 50.6. The highest BCUT2D eigenvalue weighted by Gasteiger charge is 2.45. The van der Waals surface area contributed by atoms with Crippen LogP contribution >= 0.6 is 22.7 Å². The molecule has 0 saturated carbocycles. The molecule has 7 atom stereocenters. The van der Waals surface area contributed by atoms with E-state index in [-0.39, 0.29) is 111 Å². The molecule has 0 bridgehead atoms. The fourth-order valence-corrected chi connectivity index (χ4v) is 13.1. The summed E-state index contributed by atoms with van der Waals surface area (Å²) in [5, 5.41) is 51.7. The number of methoxy groups -OCH3 is 2. The van der Waals surface area contributed by atoms with Crippen molar-refractivity contribution in [3.63, 3.8) is 0 Å². The molecule has 4 aromatic carbocycles. The van der Waals surface area contributed by atoms with Crippen molar-refractivity contribution in [1.29, 1.82) is 0 Å². The predicted octanol–water partition coefficient (Wildman–Crippen LogP) is 5.44. The third kappa shape index (κ3) is 14.3. The summed E-state index contributed by atoms with van der Waals surface area (Å²) < 4.78 is 91.2. The number of amides is 3. The van der Waals surface area contributed by atoms with Crippen LogP contribution in [0.1, 0.15) is 63.1 Å². The zero-order chi connectivity index (χ0) is 63.1. The van der Waals surface area contributed by atoms with Gasteiger partial charge in [-0.2, -0.15) is 0 Å². The molecule has 0 radical (unpaired) electrons. The normalized spacial score (nSPS) is 20.6. The van der Waals surface area contributed by atoms with Crippen molar-refractivity contribution in [2.45, 2.75) is 81.9 Å². The highest BCUT2D eigenvalue weighted by molar-refractivity contribution is 7.82. The topological polar surface area (TPSA) is 360 Å². The molecule has 5 N–H and O–H groups in total. The SMILES string of the molecule is COc1cc2c(cc1OCc1cc(COc3cc4c(cc3OC)C(=O)N3Cc5ccsc5C[C@H]3C=N4)cc(OS(=O)(=O)Oc3cc(C(=O)NCCOCOCOCCN=[N+]=[N-])ccc3OC3O[C@H](CO)[C@H](O)[C@H](O)[C@H]3O)c1)N=C[C@@H]1Cc3sccc3CN1C2=O. The Balaban J connectivity index is 0.863. The first-order valence-electron chi connectivity index (χ1n) is 28.0. The van der Waals surface area contributed by atoms with Crippen LogP contribution < -0.4 is 37.4 Å². The van der Waals surface area contributed by atoms with Gasteiger partial charge in [-0.3, -0.25) is 24.4 Å². The van der Waals surface area contributed by atoms with Gasteiger partial charge in [0.25, 0.3) is 17.7 Å². The van der Waals surface area contributed by atoms with Gasteiger partial charge in [0.15, 0.2) is 34.5 Å². The van der Waals surface area contributed by atoms with E-state index in [0.29, 0.717) is 59.6 Å². The molecule has 1 unspecified atom stereocenters. The lowest BCUT2D eigenvalue weighted by Crippen LogP contribution is -2.60. The maximum absolute atomic E-state index is 14.3. The minimum absolute atomic E-state index is 0.0367. The largest absolute Gasteiger partial charge is 0.501 e. The van der Waals surface area contributed by atoms with E-state index in [1.165, 1.54) is 42.2 Å². The second-order valence-electron chi connectivity index (χ2n) is 20.8. The summed E-state index contributed by atoms with van der Waals surface area (Å²) in [4.78, 5) is 59.8. The second-order valence-corrected chi connectivity index (χ2v) is 24.0. The molecule has 5 aliphatic rings. The number of aliphatic hydroxyl groups excluding tert-OH is 4. The van der Waals surface area contributed by atoms with E-state index in [4.69, 9.17) is 66.5 Å². The third-order valence-corrected chi connectivity index (χ3v) is 17.8. The first-order valence-corrected chi connectivity index (χ1v) is 31.1. The van der Waals surface area contributed by atoms with Crippen LogP contribution in [0, 0.1) is 0 Å². The van der Waals surface area contributed by atoms with E-state index in [9.17, 15) is 43.2 Å². The molecule has 90 heavy (non-hydrogen) atoms. The van der Waals surface area contributed by atoms with E-state index in [0.717, 1.165) is 23.3 Å². The molecule has 28 nitrogen and oxygen atoms in total. The molecule has 5 aliphatic heterocycles. The van der Waals surface area contributed by atoms with Crippen LogP contribution in [0.15, 0.2) is 98.7 Å². The van der Waals surface area contributed by atoms with Crippen molar-refractivity contribution in [3.8, 4) is 40.2 Å². The van der Waals surface area contributed by atoms with Crippen LogP contribution in [-0.2, 0) is 68.5 Å². The van der Waals surface area contributed by atoms with Gasteiger partial charge in [-0.1, -0.05) is 5.11 Å². The van der Waals surface area contributed by atoms with Crippen LogP contribution in [-0.4, -0.2) is 172 Å². The van der Waals surface area contributed by atoms with Gasteiger partial charge in [-0.15, -0.1) is 31.1 Å². The molecule has 2 aromatic heterocycles. The van der Waals surface area contributed by atoms with Crippen molar-refractivity contribution in [2.24, 2.45) is 15.1 Å². The molecule has 3 amide bonds. The standard InChI is InChI=1S/C59H60N8O20S3/c1-77-45-19-40-42(62-23-37-17-51-35(5-11-88-51)25-66(37)57(40)73)21-47(45)82-28-32-13-33(29-83-48-22-43-41(20-46(48)78-2)58(74)67-26-36-6-12-89-52(36)18-38(67)24-63-43)15-39(14-32)86-90(75,76)87-49-16-34(56(72)61-7-9-79-30-81-31-80-10-8-64-65-60)3-4-44(49)84-59-55(71)54(70)53(69)50(27-68)85-59/h3-6,11-16,19-24,37-38,50,53-55,59,68-71H,7-10,17-18,25-31H2,1-2H3,(H,61,72)/t37-,38-,50+,53-,54-,55+,59?/m0/s1. The number of rotatable bonds is 26. The number of carbonyl (C=O) groups excluding carboxylic acids is 3. The highest BCUT2D eigenvalue weighted by Crippen LogP contribution is 2.42. The number of ether oxygens (including phenoxy) is 9. The number of nitrogens with zero attached hydrogens (tertiary/aromatic N) is 7. The fraction of sp³-hybridized carbons (Fsp3) is 0.373. The third-order valence-electron chi connectivity index (χ3n) is 15.0. The fourth-order valence-electron chi connectivity index (χ4n) is 10.5. The lowest BCUT2D eigenvalue weighted by molar-refractivity contribution is -0.277. The van der Waals surface area contributed by atoms with E-state index >= 15 is 0 Å². The summed E-state index contributed by atoms with van der Waals surface area (Å²) in [7, 11) is -2.44. The summed E-state index contributed by atoms with van der Waals surface area (Å²) in [5.74, 6) is -1.91. The van der Waals surface area contributed by atoms with Crippen molar-refractivity contribution in [1.82, 2.24) is 15.1 Å². The minimum atomic E-state index is -5.29. The van der Waals surface area contributed by atoms with E-state index in [2.05, 4.69) is 15.3 Å². The molecule has 1 saturated heterocycles. The van der Waals surface area contributed by atoms with Crippen LogP contribution in [0.5, 0.6) is 40.2 Å². The van der Waals surface area contributed by atoms with Crippen LogP contribution in [0.2, 0.25) is 0 Å². The van der Waals surface area contributed by atoms with Gasteiger partial charge >= 0.3 is 10.4 Å². The van der Waals surface area contributed by atoms with Crippen molar-refractivity contribution < 1.29 is 94.2 Å². The van der Waals surface area contributed by atoms with Gasteiger partial charge < -0.3 is 86.5 Å². The molecule has 474 valence electrons. The molecule has 7 heterocycles. The number of aliphatic imine (C=N–C) groups is 2. The first-order chi connectivity index (χ1) is 43.6. The Labute approximate surface area is 522 Å². The van der Waals surface area contributed by atoms with E-state index in [1.54, 1.807) is 75.2 Å². The summed E-state index contributed by atoms with van der Waals surface area (Å²) in [6.07, 6.45) is -4.12. The Morgan fingerprint density at radius 2 is 1.31 bits per heavy atom. The molecular formula is C59H60N8O20S3. The lowest BCUT2D eigenvalue weighted by Gasteiger charge is -2.39.